The zero-order valence-corrected chi connectivity index (χ0v) is 10.9. The molecule has 1 aromatic rings. The average Bonchev–Trinajstić information content (AvgIpc) is 2.60. The number of nitrogens with one attached hydrogen (secondary N) is 1. The quantitative estimate of drug-likeness (QED) is 0.804. The molecule has 1 heterocycles. The first-order chi connectivity index (χ1) is 8.36. The molecule has 17 heavy (non-hydrogen) atoms. The second-order valence-corrected chi connectivity index (χ2v) is 5.26. The van der Waals surface area contributed by atoms with E-state index < -0.39 is 0 Å². The molecule has 1 aliphatic rings. The number of pyridine rings is 1. The summed E-state index contributed by atoms with van der Waals surface area (Å²) < 4.78 is 0. The van der Waals surface area contributed by atoms with Gasteiger partial charge in [-0.25, -0.2) is 0 Å². The minimum Gasteiger partial charge on any atom is -0.311 e. The number of hydrogen-bond acceptors (Lipinski definition) is 2. The summed E-state index contributed by atoms with van der Waals surface area (Å²) in [6.07, 6.45) is 10.4. The van der Waals surface area contributed by atoms with Gasteiger partial charge in [-0.2, -0.15) is 0 Å². The van der Waals surface area contributed by atoms with Crippen LogP contribution in [-0.2, 0) is 6.54 Å². The predicted molar refractivity (Wildman–Crippen MR) is 71.9 cm³/mol. The van der Waals surface area contributed by atoms with Crippen molar-refractivity contribution in [1.82, 2.24) is 10.3 Å². The van der Waals surface area contributed by atoms with Crippen molar-refractivity contribution < 1.29 is 0 Å². The summed E-state index contributed by atoms with van der Waals surface area (Å²) in [5.41, 5.74) is 2.49. The Morgan fingerprint density at radius 1 is 1.24 bits per heavy atom. The van der Waals surface area contributed by atoms with Crippen LogP contribution in [-0.4, -0.2) is 11.5 Å². The molecular formula is C15H24N2. The molecule has 2 nitrogen and oxygen atoms in total. The van der Waals surface area contributed by atoms with Gasteiger partial charge in [0.1, 0.15) is 0 Å². The number of aryl methyl sites for hydroxylation is 1. The molecule has 1 aliphatic carbocycles. The zero-order chi connectivity index (χ0) is 11.9. The van der Waals surface area contributed by atoms with Gasteiger partial charge in [-0.05, 0) is 43.9 Å². The van der Waals surface area contributed by atoms with E-state index in [0.717, 1.165) is 19.0 Å². The maximum atomic E-state index is 4.42. The summed E-state index contributed by atoms with van der Waals surface area (Å²) in [6.45, 7) is 4.22. The summed E-state index contributed by atoms with van der Waals surface area (Å²) in [5, 5.41) is 3.58. The molecule has 0 aliphatic heterocycles. The highest BCUT2D eigenvalue weighted by atomic mass is 14.9. The molecule has 94 valence electrons. The van der Waals surface area contributed by atoms with Crippen molar-refractivity contribution in [2.75, 3.05) is 6.54 Å². The third-order valence-corrected chi connectivity index (χ3v) is 3.82. The van der Waals surface area contributed by atoms with Crippen molar-refractivity contribution >= 4 is 0 Å². The Morgan fingerprint density at radius 3 is 2.71 bits per heavy atom. The van der Waals surface area contributed by atoms with Crippen molar-refractivity contribution in [3.8, 4) is 0 Å². The molecule has 0 saturated heterocycles. The zero-order valence-electron chi connectivity index (χ0n) is 10.9. The summed E-state index contributed by atoms with van der Waals surface area (Å²) in [5.74, 6) is 0.890. The van der Waals surface area contributed by atoms with Gasteiger partial charge in [-0.15, -0.1) is 0 Å². The normalized spacial score (nSPS) is 17.9. The van der Waals surface area contributed by atoms with Gasteiger partial charge in [0.25, 0.3) is 0 Å². The minimum atomic E-state index is 0.890. The van der Waals surface area contributed by atoms with Crippen LogP contribution in [0, 0.1) is 12.8 Å². The molecule has 0 unspecified atom stereocenters. The van der Waals surface area contributed by atoms with E-state index in [-0.39, 0.29) is 0 Å². The Labute approximate surface area is 105 Å². The maximum Gasteiger partial charge on any atom is 0.0570 e. The molecule has 0 amide bonds. The van der Waals surface area contributed by atoms with Crippen LogP contribution in [0.5, 0.6) is 0 Å². The second-order valence-electron chi connectivity index (χ2n) is 5.26. The van der Waals surface area contributed by atoms with E-state index in [9.17, 15) is 0 Å². The Balaban J connectivity index is 1.73. The largest absolute Gasteiger partial charge is 0.311 e. The maximum absolute atomic E-state index is 4.42. The molecule has 1 aromatic heterocycles. The monoisotopic (exact) mass is 232 g/mol. The molecule has 2 heteroatoms. The van der Waals surface area contributed by atoms with Crippen LogP contribution in [0.1, 0.15) is 49.8 Å². The van der Waals surface area contributed by atoms with E-state index in [1.54, 1.807) is 0 Å². The highest BCUT2D eigenvalue weighted by Gasteiger charge is 2.11. The Hall–Kier alpha value is -0.890. The molecule has 0 spiro atoms. The topological polar surface area (TPSA) is 24.9 Å². The lowest BCUT2D eigenvalue weighted by atomic mass is 10.0. The van der Waals surface area contributed by atoms with Gasteiger partial charge < -0.3 is 5.32 Å². The van der Waals surface area contributed by atoms with Crippen molar-refractivity contribution in [2.24, 2.45) is 5.92 Å². The molecule has 2 rings (SSSR count). The van der Waals surface area contributed by atoms with E-state index in [1.807, 2.05) is 12.3 Å². The fourth-order valence-corrected chi connectivity index (χ4v) is 2.67. The lowest BCUT2D eigenvalue weighted by molar-refractivity contribution is 0.423. The lowest BCUT2D eigenvalue weighted by Gasteiger charge is -2.15. The van der Waals surface area contributed by atoms with E-state index in [0.29, 0.717) is 0 Å². The van der Waals surface area contributed by atoms with Crippen molar-refractivity contribution in [2.45, 2.75) is 52.0 Å². The smallest absolute Gasteiger partial charge is 0.0570 e. The van der Waals surface area contributed by atoms with Gasteiger partial charge in [0.2, 0.25) is 0 Å². The van der Waals surface area contributed by atoms with Gasteiger partial charge in [0.15, 0.2) is 0 Å². The van der Waals surface area contributed by atoms with Crippen LogP contribution in [0.25, 0.3) is 0 Å². The first-order valence-corrected chi connectivity index (χ1v) is 6.97. The number of rotatable bonds is 4. The first-order valence-electron chi connectivity index (χ1n) is 6.97. The average molecular weight is 232 g/mol. The molecule has 0 bridgehead atoms. The molecule has 0 aromatic carbocycles. The van der Waals surface area contributed by atoms with Crippen molar-refractivity contribution in [1.29, 1.82) is 0 Å². The second kappa shape index (κ2) is 6.75. The van der Waals surface area contributed by atoms with E-state index in [4.69, 9.17) is 0 Å². The van der Waals surface area contributed by atoms with Crippen LogP contribution in [0.4, 0.5) is 0 Å². The van der Waals surface area contributed by atoms with Gasteiger partial charge in [-0.1, -0.05) is 31.7 Å². The number of hydrogen-bond donors (Lipinski definition) is 1. The Kier molecular flexibility index (Phi) is 4.99. The highest BCUT2D eigenvalue weighted by molar-refractivity contribution is 5.17. The molecular weight excluding hydrogens is 208 g/mol. The molecule has 1 N–H and O–H groups in total. The van der Waals surface area contributed by atoms with Gasteiger partial charge in [-0.3, -0.25) is 4.98 Å². The van der Waals surface area contributed by atoms with E-state index in [2.05, 4.69) is 23.3 Å². The van der Waals surface area contributed by atoms with Gasteiger partial charge in [0, 0.05) is 12.7 Å². The SMILES string of the molecule is Cc1cccnc1CNCC1CCCCCC1. The first kappa shape index (κ1) is 12.6. The van der Waals surface area contributed by atoms with Crippen LogP contribution in [0.2, 0.25) is 0 Å². The fraction of sp³-hybridized carbons (Fsp3) is 0.667. The number of aromatic nitrogens is 1. The number of nitrogens with zero attached hydrogens (tertiary/aromatic N) is 1. The highest BCUT2D eigenvalue weighted by Crippen LogP contribution is 2.22. The fourth-order valence-electron chi connectivity index (χ4n) is 2.67. The van der Waals surface area contributed by atoms with Gasteiger partial charge in [0.05, 0.1) is 5.69 Å². The lowest BCUT2D eigenvalue weighted by Crippen LogP contribution is -2.23. The van der Waals surface area contributed by atoms with Crippen LogP contribution in [0.15, 0.2) is 18.3 Å². The van der Waals surface area contributed by atoms with E-state index >= 15 is 0 Å². The molecule has 0 atom stereocenters. The molecule has 1 fully saturated rings. The van der Waals surface area contributed by atoms with E-state index in [1.165, 1.54) is 49.8 Å². The summed E-state index contributed by atoms with van der Waals surface area (Å²) in [7, 11) is 0. The summed E-state index contributed by atoms with van der Waals surface area (Å²) in [4.78, 5) is 4.42. The Morgan fingerprint density at radius 2 is 2.00 bits per heavy atom. The molecule has 1 saturated carbocycles. The van der Waals surface area contributed by atoms with Crippen molar-refractivity contribution in [3.63, 3.8) is 0 Å². The summed E-state index contributed by atoms with van der Waals surface area (Å²) >= 11 is 0. The van der Waals surface area contributed by atoms with Crippen LogP contribution < -0.4 is 5.32 Å². The van der Waals surface area contributed by atoms with Gasteiger partial charge >= 0.3 is 0 Å². The van der Waals surface area contributed by atoms with Crippen molar-refractivity contribution in [3.05, 3.63) is 29.6 Å². The minimum absolute atomic E-state index is 0.890. The van der Waals surface area contributed by atoms with Crippen LogP contribution >= 0.6 is 0 Å². The predicted octanol–water partition coefficient (Wildman–Crippen LogP) is 3.45. The van der Waals surface area contributed by atoms with Crippen LogP contribution in [0.3, 0.4) is 0 Å². The summed E-state index contributed by atoms with van der Waals surface area (Å²) in [6, 6.07) is 4.14. The third-order valence-electron chi connectivity index (χ3n) is 3.82. The third kappa shape index (κ3) is 4.12. The standard InChI is InChI=1S/C15H24N2/c1-13-7-6-10-17-15(13)12-16-11-14-8-4-2-3-5-9-14/h6-7,10,14,16H,2-5,8-9,11-12H2,1H3. The Bertz CT molecular complexity index is 327. The molecule has 0 radical (unpaired) electrons.